The Kier molecular flexibility index (Phi) is 5.09. The lowest BCUT2D eigenvalue weighted by atomic mass is 10.1. The molecule has 2 aromatic rings. The predicted octanol–water partition coefficient (Wildman–Crippen LogP) is 2.37. The van der Waals surface area contributed by atoms with Crippen LogP contribution in [0.3, 0.4) is 0 Å². The molecule has 0 aromatic carbocycles. The van der Waals surface area contributed by atoms with Gasteiger partial charge in [0.1, 0.15) is 5.82 Å². The summed E-state index contributed by atoms with van der Waals surface area (Å²) >= 11 is 0. The van der Waals surface area contributed by atoms with Gasteiger partial charge in [-0.2, -0.15) is 0 Å². The minimum atomic E-state index is 0.796. The van der Waals surface area contributed by atoms with Crippen molar-refractivity contribution in [1.29, 1.82) is 0 Å². The van der Waals surface area contributed by atoms with E-state index in [2.05, 4.69) is 39.8 Å². The number of pyridine rings is 1. The average Bonchev–Trinajstić information content (AvgIpc) is 2.51. The van der Waals surface area contributed by atoms with Crippen LogP contribution in [0.25, 0.3) is 0 Å². The van der Waals surface area contributed by atoms with E-state index in [4.69, 9.17) is 0 Å². The van der Waals surface area contributed by atoms with Gasteiger partial charge in [0.2, 0.25) is 5.95 Å². The minimum Gasteiger partial charge on any atom is -0.363 e. The van der Waals surface area contributed by atoms with Gasteiger partial charge in [-0.1, -0.05) is 6.07 Å². The molecule has 0 aliphatic heterocycles. The molecular formula is C16H23N5. The second-order valence-corrected chi connectivity index (χ2v) is 5.16. The fourth-order valence-corrected chi connectivity index (χ4v) is 2.13. The predicted molar refractivity (Wildman–Crippen MR) is 87.0 cm³/mol. The summed E-state index contributed by atoms with van der Waals surface area (Å²) in [5.41, 5.74) is 2.27. The van der Waals surface area contributed by atoms with E-state index in [1.807, 2.05) is 43.7 Å². The van der Waals surface area contributed by atoms with E-state index in [-0.39, 0.29) is 0 Å². The Morgan fingerprint density at radius 3 is 1.95 bits per heavy atom. The monoisotopic (exact) mass is 285 g/mol. The lowest BCUT2D eigenvalue weighted by Crippen LogP contribution is -2.24. The van der Waals surface area contributed by atoms with Crippen molar-refractivity contribution in [3.05, 3.63) is 41.9 Å². The Labute approximate surface area is 126 Å². The van der Waals surface area contributed by atoms with Crippen LogP contribution in [0.4, 0.5) is 11.8 Å². The topological polar surface area (TPSA) is 45.2 Å². The molecule has 5 heteroatoms. The Morgan fingerprint density at radius 2 is 1.48 bits per heavy atom. The summed E-state index contributed by atoms with van der Waals surface area (Å²) in [7, 11) is 3.98. The second kappa shape index (κ2) is 7.02. The summed E-state index contributed by atoms with van der Waals surface area (Å²) in [6.07, 6.45) is 6.52. The van der Waals surface area contributed by atoms with E-state index >= 15 is 0 Å². The third kappa shape index (κ3) is 3.90. The fourth-order valence-electron chi connectivity index (χ4n) is 2.13. The van der Waals surface area contributed by atoms with Crippen LogP contribution in [0, 0.1) is 0 Å². The van der Waals surface area contributed by atoms with Crippen molar-refractivity contribution in [2.75, 3.05) is 37.0 Å². The third-order valence-corrected chi connectivity index (χ3v) is 3.41. The third-order valence-electron chi connectivity index (χ3n) is 3.41. The van der Waals surface area contributed by atoms with Crippen molar-refractivity contribution in [2.24, 2.45) is 0 Å². The van der Waals surface area contributed by atoms with Crippen molar-refractivity contribution in [3.8, 4) is 0 Å². The number of hydrogen-bond donors (Lipinski definition) is 0. The molecule has 2 heterocycles. The number of rotatable bonds is 6. The van der Waals surface area contributed by atoms with Crippen molar-refractivity contribution in [1.82, 2.24) is 15.0 Å². The van der Waals surface area contributed by atoms with Gasteiger partial charge in [0.25, 0.3) is 0 Å². The first-order valence-corrected chi connectivity index (χ1v) is 7.32. The van der Waals surface area contributed by atoms with E-state index in [0.29, 0.717) is 0 Å². The van der Waals surface area contributed by atoms with E-state index in [9.17, 15) is 0 Å². The molecule has 2 rings (SSSR count). The molecule has 0 aliphatic rings. The summed E-state index contributed by atoms with van der Waals surface area (Å²) in [5, 5.41) is 0. The highest BCUT2D eigenvalue weighted by molar-refractivity contribution is 5.38. The van der Waals surface area contributed by atoms with Crippen molar-refractivity contribution in [3.63, 3.8) is 0 Å². The second-order valence-electron chi connectivity index (χ2n) is 5.16. The smallest absolute Gasteiger partial charge is 0.225 e. The molecule has 112 valence electrons. The first-order valence-electron chi connectivity index (χ1n) is 7.32. The molecule has 0 spiro atoms. The summed E-state index contributed by atoms with van der Waals surface area (Å²) in [4.78, 5) is 17.4. The summed E-state index contributed by atoms with van der Waals surface area (Å²) in [5.74, 6) is 1.76. The quantitative estimate of drug-likeness (QED) is 0.815. The Morgan fingerprint density at radius 1 is 0.857 bits per heavy atom. The van der Waals surface area contributed by atoms with Gasteiger partial charge in [-0.15, -0.1) is 0 Å². The normalized spacial score (nSPS) is 10.5. The highest BCUT2D eigenvalue weighted by atomic mass is 15.2. The van der Waals surface area contributed by atoms with Crippen LogP contribution < -0.4 is 9.80 Å². The van der Waals surface area contributed by atoms with Gasteiger partial charge in [-0.05, 0) is 31.0 Å². The summed E-state index contributed by atoms with van der Waals surface area (Å²) in [6.45, 7) is 6.06. The van der Waals surface area contributed by atoms with Crippen molar-refractivity contribution >= 4 is 11.8 Å². The molecular weight excluding hydrogens is 262 g/mol. The zero-order chi connectivity index (χ0) is 15.2. The largest absolute Gasteiger partial charge is 0.363 e. The molecule has 0 aliphatic carbocycles. The molecule has 5 nitrogen and oxygen atoms in total. The van der Waals surface area contributed by atoms with Gasteiger partial charge in [-0.3, -0.25) is 0 Å². The van der Waals surface area contributed by atoms with Crippen LogP contribution in [-0.2, 0) is 6.42 Å². The molecule has 2 aromatic heterocycles. The van der Waals surface area contributed by atoms with E-state index in [0.717, 1.165) is 36.8 Å². The van der Waals surface area contributed by atoms with Gasteiger partial charge in [0, 0.05) is 52.2 Å². The van der Waals surface area contributed by atoms with E-state index < -0.39 is 0 Å². The Balaban J connectivity index is 2.06. The standard InChI is InChI=1S/C16H23N5/c1-5-21(6-2)16-18-11-14(12-19-16)9-13-7-8-15(17-10-13)20(3)4/h7-8,10-12H,5-6,9H2,1-4H3. The minimum absolute atomic E-state index is 0.796. The molecule has 0 amide bonds. The molecule has 0 saturated heterocycles. The van der Waals surface area contributed by atoms with E-state index in [1.54, 1.807) is 0 Å². The molecule has 0 unspecified atom stereocenters. The molecule has 21 heavy (non-hydrogen) atoms. The SMILES string of the molecule is CCN(CC)c1ncc(Cc2ccc(N(C)C)nc2)cn1. The zero-order valence-electron chi connectivity index (χ0n) is 13.2. The number of hydrogen-bond acceptors (Lipinski definition) is 5. The zero-order valence-corrected chi connectivity index (χ0v) is 13.2. The number of aromatic nitrogens is 3. The maximum atomic E-state index is 4.45. The van der Waals surface area contributed by atoms with Gasteiger partial charge in [0.05, 0.1) is 0 Å². The molecule has 0 bridgehead atoms. The summed E-state index contributed by atoms with van der Waals surface area (Å²) in [6, 6.07) is 4.13. The summed E-state index contributed by atoms with van der Waals surface area (Å²) < 4.78 is 0. The van der Waals surface area contributed by atoms with Gasteiger partial charge >= 0.3 is 0 Å². The highest BCUT2D eigenvalue weighted by Crippen LogP contribution is 2.13. The highest BCUT2D eigenvalue weighted by Gasteiger charge is 2.05. The molecule has 0 saturated carbocycles. The van der Waals surface area contributed by atoms with Crippen LogP contribution >= 0.6 is 0 Å². The van der Waals surface area contributed by atoms with Crippen LogP contribution in [0.1, 0.15) is 25.0 Å². The van der Waals surface area contributed by atoms with Crippen LogP contribution in [-0.4, -0.2) is 42.1 Å². The van der Waals surface area contributed by atoms with Gasteiger partial charge in [0.15, 0.2) is 0 Å². The van der Waals surface area contributed by atoms with Crippen LogP contribution in [0.15, 0.2) is 30.7 Å². The van der Waals surface area contributed by atoms with Gasteiger partial charge in [-0.25, -0.2) is 15.0 Å². The van der Waals surface area contributed by atoms with Crippen molar-refractivity contribution < 1.29 is 0 Å². The number of anilines is 2. The fraction of sp³-hybridized carbons (Fsp3) is 0.438. The maximum absolute atomic E-state index is 4.45. The number of nitrogens with zero attached hydrogens (tertiary/aromatic N) is 5. The van der Waals surface area contributed by atoms with Gasteiger partial charge < -0.3 is 9.80 Å². The lowest BCUT2D eigenvalue weighted by Gasteiger charge is -2.18. The molecule has 0 N–H and O–H groups in total. The first kappa shape index (κ1) is 15.2. The molecule has 0 fully saturated rings. The average molecular weight is 285 g/mol. The molecule has 0 atom stereocenters. The van der Waals surface area contributed by atoms with Crippen LogP contribution in [0.2, 0.25) is 0 Å². The Bertz CT molecular complexity index is 544. The lowest BCUT2D eigenvalue weighted by molar-refractivity contribution is 0.817. The Hall–Kier alpha value is -2.17. The van der Waals surface area contributed by atoms with E-state index in [1.165, 1.54) is 5.56 Å². The molecule has 0 radical (unpaired) electrons. The first-order chi connectivity index (χ1) is 10.1. The van der Waals surface area contributed by atoms with Crippen LogP contribution in [0.5, 0.6) is 0 Å². The maximum Gasteiger partial charge on any atom is 0.225 e. The van der Waals surface area contributed by atoms with Crippen molar-refractivity contribution in [2.45, 2.75) is 20.3 Å².